The fourth-order valence-electron chi connectivity index (χ4n) is 1.83. The SMILES string of the molecule is COCCNC(=O)c1c[nH]c(=O)n(Cc2ccccn2)c1=O. The second kappa shape index (κ2) is 7.32. The molecule has 8 nitrogen and oxygen atoms in total. The number of carbonyl (C=O) groups excluding carboxylic acids is 1. The van der Waals surface area contributed by atoms with Gasteiger partial charge in [0.15, 0.2) is 0 Å². The van der Waals surface area contributed by atoms with Crippen LogP contribution in [0, 0.1) is 0 Å². The van der Waals surface area contributed by atoms with Crippen molar-refractivity contribution in [2.24, 2.45) is 0 Å². The Morgan fingerprint density at radius 2 is 2.23 bits per heavy atom. The summed E-state index contributed by atoms with van der Waals surface area (Å²) in [4.78, 5) is 42.5. The zero-order valence-electron chi connectivity index (χ0n) is 12.0. The summed E-state index contributed by atoms with van der Waals surface area (Å²) in [5, 5.41) is 2.54. The Kier molecular flexibility index (Phi) is 5.21. The number of ether oxygens (including phenoxy) is 1. The van der Waals surface area contributed by atoms with Gasteiger partial charge >= 0.3 is 5.69 Å². The number of aromatic amines is 1. The van der Waals surface area contributed by atoms with Crippen LogP contribution >= 0.6 is 0 Å². The quantitative estimate of drug-likeness (QED) is 0.690. The fraction of sp³-hybridized carbons (Fsp3) is 0.286. The van der Waals surface area contributed by atoms with Crippen molar-refractivity contribution in [3.8, 4) is 0 Å². The molecule has 0 saturated carbocycles. The van der Waals surface area contributed by atoms with Crippen LogP contribution in [0.1, 0.15) is 16.1 Å². The molecule has 0 bridgehead atoms. The van der Waals surface area contributed by atoms with Crippen molar-refractivity contribution < 1.29 is 9.53 Å². The Balaban J connectivity index is 2.28. The Hall–Kier alpha value is -2.74. The highest BCUT2D eigenvalue weighted by Crippen LogP contribution is 1.95. The molecule has 0 unspecified atom stereocenters. The van der Waals surface area contributed by atoms with E-state index < -0.39 is 17.2 Å². The summed E-state index contributed by atoms with van der Waals surface area (Å²) in [6.07, 6.45) is 2.68. The summed E-state index contributed by atoms with van der Waals surface area (Å²) in [5.41, 5.74) is -0.841. The van der Waals surface area contributed by atoms with Crippen LogP contribution < -0.4 is 16.6 Å². The Labute approximate surface area is 125 Å². The van der Waals surface area contributed by atoms with Gasteiger partial charge in [0, 0.05) is 26.0 Å². The number of aromatic nitrogens is 3. The van der Waals surface area contributed by atoms with Gasteiger partial charge in [-0.1, -0.05) is 6.07 Å². The van der Waals surface area contributed by atoms with E-state index in [1.807, 2.05) is 0 Å². The van der Waals surface area contributed by atoms with E-state index in [2.05, 4.69) is 15.3 Å². The zero-order valence-corrected chi connectivity index (χ0v) is 12.0. The van der Waals surface area contributed by atoms with Gasteiger partial charge in [-0.15, -0.1) is 0 Å². The molecule has 0 aliphatic carbocycles. The monoisotopic (exact) mass is 304 g/mol. The number of hydrogen-bond donors (Lipinski definition) is 2. The third-order valence-corrected chi connectivity index (χ3v) is 2.94. The summed E-state index contributed by atoms with van der Waals surface area (Å²) in [6, 6.07) is 5.18. The summed E-state index contributed by atoms with van der Waals surface area (Å²) >= 11 is 0. The predicted octanol–water partition coefficient (Wildman–Crippen LogP) is -0.644. The van der Waals surface area contributed by atoms with Crippen LogP contribution in [0.3, 0.4) is 0 Å². The van der Waals surface area contributed by atoms with E-state index in [4.69, 9.17) is 4.74 Å². The van der Waals surface area contributed by atoms with Gasteiger partial charge in [-0.2, -0.15) is 0 Å². The molecule has 116 valence electrons. The molecule has 0 spiro atoms. The molecule has 2 aromatic rings. The molecule has 0 radical (unpaired) electrons. The normalized spacial score (nSPS) is 10.4. The summed E-state index contributed by atoms with van der Waals surface area (Å²) < 4.78 is 5.75. The van der Waals surface area contributed by atoms with Crippen LogP contribution in [0.25, 0.3) is 0 Å². The minimum Gasteiger partial charge on any atom is -0.383 e. The van der Waals surface area contributed by atoms with Gasteiger partial charge in [0.1, 0.15) is 5.56 Å². The highest BCUT2D eigenvalue weighted by Gasteiger charge is 2.14. The van der Waals surface area contributed by atoms with Gasteiger partial charge < -0.3 is 15.0 Å². The largest absolute Gasteiger partial charge is 0.383 e. The Bertz CT molecular complexity index is 751. The van der Waals surface area contributed by atoms with Crippen LogP contribution in [0.15, 0.2) is 40.2 Å². The topological polar surface area (TPSA) is 106 Å². The molecule has 1 amide bonds. The Morgan fingerprint density at radius 3 is 2.91 bits per heavy atom. The number of carbonyl (C=O) groups is 1. The molecule has 0 aliphatic rings. The molecule has 2 rings (SSSR count). The average molecular weight is 304 g/mol. The molecule has 0 saturated heterocycles. The molecule has 2 aromatic heterocycles. The maximum Gasteiger partial charge on any atom is 0.328 e. The summed E-state index contributed by atoms with van der Waals surface area (Å²) in [5.74, 6) is -0.562. The van der Waals surface area contributed by atoms with Crippen LogP contribution in [0.2, 0.25) is 0 Å². The summed E-state index contributed by atoms with van der Waals surface area (Å²) in [6.45, 7) is 0.597. The van der Waals surface area contributed by atoms with E-state index in [1.165, 1.54) is 7.11 Å². The third-order valence-electron chi connectivity index (χ3n) is 2.94. The van der Waals surface area contributed by atoms with Crippen molar-refractivity contribution in [1.82, 2.24) is 19.9 Å². The van der Waals surface area contributed by atoms with E-state index in [9.17, 15) is 14.4 Å². The van der Waals surface area contributed by atoms with Gasteiger partial charge in [-0.05, 0) is 12.1 Å². The van der Waals surface area contributed by atoms with E-state index in [1.54, 1.807) is 24.4 Å². The smallest absolute Gasteiger partial charge is 0.328 e. The maximum atomic E-state index is 12.3. The van der Waals surface area contributed by atoms with Crippen molar-refractivity contribution in [3.63, 3.8) is 0 Å². The molecule has 0 aromatic carbocycles. The Morgan fingerprint density at radius 1 is 1.41 bits per heavy atom. The first-order chi connectivity index (χ1) is 10.6. The number of amides is 1. The molecule has 22 heavy (non-hydrogen) atoms. The van der Waals surface area contributed by atoms with Gasteiger partial charge in [0.05, 0.1) is 18.8 Å². The fourth-order valence-corrected chi connectivity index (χ4v) is 1.83. The molecule has 0 aliphatic heterocycles. The van der Waals surface area contributed by atoms with Gasteiger partial charge in [-0.3, -0.25) is 19.1 Å². The van der Waals surface area contributed by atoms with Crippen LogP contribution in [0.4, 0.5) is 0 Å². The highest BCUT2D eigenvalue weighted by molar-refractivity contribution is 5.93. The number of rotatable bonds is 6. The van der Waals surface area contributed by atoms with Crippen molar-refractivity contribution in [2.75, 3.05) is 20.3 Å². The molecule has 2 heterocycles. The lowest BCUT2D eigenvalue weighted by Gasteiger charge is -2.07. The van der Waals surface area contributed by atoms with Gasteiger partial charge in [0.2, 0.25) is 0 Å². The van der Waals surface area contributed by atoms with Crippen molar-refractivity contribution in [1.29, 1.82) is 0 Å². The van der Waals surface area contributed by atoms with Crippen LogP contribution in [-0.4, -0.2) is 40.7 Å². The first kappa shape index (κ1) is 15.6. The first-order valence-electron chi connectivity index (χ1n) is 6.63. The van der Waals surface area contributed by atoms with Crippen molar-refractivity contribution in [2.45, 2.75) is 6.54 Å². The lowest BCUT2D eigenvalue weighted by Crippen LogP contribution is -2.41. The van der Waals surface area contributed by atoms with Gasteiger partial charge in [-0.25, -0.2) is 4.79 Å². The molecule has 2 N–H and O–H groups in total. The number of nitrogens with zero attached hydrogens (tertiary/aromatic N) is 2. The minimum absolute atomic E-state index is 0.00576. The first-order valence-corrected chi connectivity index (χ1v) is 6.63. The number of methoxy groups -OCH3 is 1. The molecule has 0 fully saturated rings. The average Bonchev–Trinajstić information content (AvgIpc) is 2.52. The lowest BCUT2D eigenvalue weighted by molar-refractivity contribution is 0.0934. The summed E-state index contributed by atoms with van der Waals surface area (Å²) in [7, 11) is 1.51. The highest BCUT2D eigenvalue weighted by atomic mass is 16.5. The second-order valence-electron chi connectivity index (χ2n) is 4.47. The van der Waals surface area contributed by atoms with Crippen LogP contribution in [-0.2, 0) is 11.3 Å². The van der Waals surface area contributed by atoms with E-state index in [-0.39, 0.29) is 18.7 Å². The lowest BCUT2D eigenvalue weighted by atomic mass is 10.3. The minimum atomic E-state index is -0.663. The number of H-pyrrole nitrogens is 1. The number of pyridine rings is 1. The molecule has 8 heteroatoms. The second-order valence-corrected chi connectivity index (χ2v) is 4.47. The molecular weight excluding hydrogens is 288 g/mol. The van der Waals surface area contributed by atoms with E-state index in [0.717, 1.165) is 10.8 Å². The molecule has 0 atom stereocenters. The number of hydrogen-bond acceptors (Lipinski definition) is 5. The predicted molar refractivity (Wildman–Crippen MR) is 78.9 cm³/mol. The van der Waals surface area contributed by atoms with E-state index in [0.29, 0.717) is 12.3 Å². The van der Waals surface area contributed by atoms with Gasteiger partial charge in [0.25, 0.3) is 11.5 Å². The number of nitrogens with one attached hydrogen (secondary N) is 2. The maximum absolute atomic E-state index is 12.3. The third kappa shape index (κ3) is 3.67. The van der Waals surface area contributed by atoms with Crippen LogP contribution in [0.5, 0.6) is 0 Å². The zero-order chi connectivity index (χ0) is 15.9. The van der Waals surface area contributed by atoms with E-state index >= 15 is 0 Å². The standard InChI is InChI=1S/C14H16N4O4/c1-22-7-6-16-12(19)11-8-17-14(21)18(13(11)20)9-10-4-2-3-5-15-10/h2-5,8H,6-7,9H2,1H3,(H,16,19)(H,17,21). The van der Waals surface area contributed by atoms with Crippen molar-refractivity contribution in [3.05, 3.63) is 62.7 Å². The van der Waals surface area contributed by atoms with Crippen molar-refractivity contribution >= 4 is 5.91 Å². The molecular formula is C14H16N4O4.